The summed E-state index contributed by atoms with van der Waals surface area (Å²) in [6.07, 6.45) is 1.35. The lowest BCUT2D eigenvalue weighted by molar-refractivity contribution is -0.131. The molecule has 0 aromatic heterocycles. The summed E-state index contributed by atoms with van der Waals surface area (Å²) in [6, 6.07) is 7.67. The summed E-state index contributed by atoms with van der Waals surface area (Å²) in [5.41, 5.74) is 6.71. The smallest absolute Gasteiger partial charge is 0.227 e. The molecule has 0 aliphatic heterocycles. The Morgan fingerprint density at radius 2 is 2.10 bits per heavy atom. The molecule has 2 N–H and O–H groups in total. The van der Waals surface area contributed by atoms with Crippen molar-refractivity contribution in [3.63, 3.8) is 0 Å². The molecule has 4 nitrogen and oxygen atoms in total. The fourth-order valence-corrected chi connectivity index (χ4v) is 2.21. The molecule has 0 aliphatic rings. The van der Waals surface area contributed by atoms with Gasteiger partial charge in [0, 0.05) is 13.1 Å². The molecular formula is C17H28N2O2. The molecule has 1 rings (SSSR count). The lowest BCUT2D eigenvalue weighted by atomic mass is 9.92. The van der Waals surface area contributed by atoms with Gasteiger partial charge < -0.3 is 15.4 Å². The summed E-state index contributed by atoms with van der Waals surface area (Å²) in [5.74, 6) is 0.927. The second-order valence-corrected chi connectivity index (χ2v) is 6.21. The van der Waals surface area contributed by atoms with E-state index >= 15 is 0 Å². The molecule has 0 unspecified atom stereocenters. The van der Waals surface area contributed by atoms with E-state index in [4.69, 9.17) is 10.5 Å². The van der Waals surface area contributed by atoms with Gasteiger partial charge in [0.05, 0.1) is 13.5 Å². The summed E-state index contributed by atoms with van der Waals surface area (Å²) in [5, 5.41) is 0. The van der Waals surface area contributed by atoms with E-state index in [-0.39, 0.29) is 11.3 Å². The number of carbonyl (C=O) groups is 1. The van der Waals surface area contributed by atoms with Crippen molar-refractivity contribution in [3.05, 3.63) is 29.8 Å². The molecule has 0 saturated carbocycles. The van der Waals surface area contributed by atoms with E-state index in [2.05, 4.69) is 20.8 Å². The zero-order valence-electron chi connectivity index (χ0n) is 13.7. The van der Waals surface area contributed by atoms with Crippen LogP contribution in [0.1, 0.15) is 32.8 Å². The molecule has 0 spiro atoms. The van der Waals surface area contributed by atoms with Crippen LogP contribution in [0.25, 0.3) is 0 Å². The van der Waals surface area contributed by atoms with Crippen molar-refractivity contribution in [3.8, 4) is 5.75 Å². The first-order chi connectivity index (χ1) is 9.91. The van der Waals surface area contributed by atoms with E-state index in [9.17, 15) is 4.79 Å². The summed E-state index contributed by atoms with van der Waals surface area (Å²) in [7, 11) is 1.63. The van der Waals surface area contributed by atoms with Crippen molar-refractivity contribution in [2.24, 2.45) is 11.1 Å². The van der Waals surface area contributed by atoms with Gasteiger partial charge in [0.2, 0.25) is 5.91 Å². The van der Waals surface area contributed by atoms with Crippen molar-refractivity contribution in [2.45, 2.75) is 33.6 Å². The van der Waals surface area contributed by atoms with Gasteiger partial charge in [-0.1, -0.05) is 32.9 Å². The number of nitrogens with two attached hydrogens (primary N) is 1. The molecule has 0 heterocycles. The fourth-order valence-electron chi connectivity index (χ4n) is 2.21. The Hall–Kier alpha value is -1.55. The largest absolute Gasteiger partial charge is 0.497 e. The molecule has 1 aromatic rings. The van der Waals surface area contributed by atoms with Crippen LogP contribution in [0.15, 0.2) is 24.3 Å². The minimum Gasteiger partial charge on any atom is -0.497 e. The molecule has 0 atom stereocenters. The predicted octanol–water partition coefficient (Wildman–Crippen LogP) is 2.46. The molecular weight excluding hydrogens is 264 g/mol. The van der Waals surface area contributed by atoms with Crippen LogP contribution < -0.4 is 10.5 Å². The van der Waals surface area contributed by atoms with Gasteiger partial charge >= 0.3 is 0 Å². The van der Waals surface area contributed by atoms with E-state index in [0.717, 1.165) is 24.3 Å². The van der Waals surface area contributed by atoms with Gasteiger partial charge in [-0.2, -0.15) is 0 Å². The van der Waals surface area contributed by atoms with Crippen LogP contribution in [0.4, 0.5) is 0 Å². The lowest BCUT2D eigenvalue weighted by Gasteiger charge is -2.32. The SMILES string of the molecule is CCCN(CC(C)(C)CN)C(=O)Cc1cccc(OC)c1. The van der Waals surface area contributed by atoms with Crippen molar-refractivity contribution >= 4 is 5.91 Å². The number of ether oxygens (including phenoxy) is 1. The van der Waals surface area contributed by atoms with Crippen LogP contribution in [0.2, 0.25) is 0 Å². The summed E-state index contributed by atoms with van der Waals surface area (Å²) >= 11 is 0. The van der Waals surface area contributed by atoms with Crippen LogP contribution >= 0.6 is 0 Å². The van der Waals surface area contributed by atoms with Gasteiger partial charge in [0.15, 0.2) is 0 Å². The van der Waals surface area contributed by atoms with Crippen LogP contribution in [0.5, 0.6) is 5.75 Å². The summed E-state index contributed by atoms with van der Waals surface area (Å²) in [6.45, 7) is 8.30. The highest BCUT2D eigenvalue weighted by Crippen LogP contribution is 2.18. The Kier molecular flexibility index (Phi) is 6.69. The maximum Gasteiger partial charge on any atom is 0.227 e. The van der Waals surface area contributed by atoms with E-state index in [0.29, 0.717) is 19.5 Å². The minimum atomic E-state index is -0.0563. The number of hydrogen-bond donors (Lipinski definition) is 1. The Balaban J connectivity index is 2.76. The Morgan fingerprint density at radius 1 is 1.38 bits per heavy atom. The molecule has 0 radical (unpaired) electrons. The van der Waals surface area contributed by atoms with E-state index < -0.39 is 0 Å². The second-order valence-electron chi connectivity index (χ2n) is 6.21. The van der Waals surface area contributed by atoms with Crippen molar-refractivity contribution in [1.82, 2.24) is 4.90 Å². The van der Waals surface area contributed by atoms with Gasteiger partial charge in [-0.15, -0.1) is 0 Å². The first-order valence-electron chi connectivity index (χ1n) is 7.52. The van der Waals surface area contributed by atoms with Crippen molar-refractivity contribution < 1.29 is 9.53 Å². The number of methoxy groups -OCH3 is 1. The molecule has 4 heteroatoms. The highest BCUT2D eigenvalue weighted by Gasteiger charge is 2.23. The van der Waals surface area contributed by atoms with E-state index in [1.54, 1.807) is 7.11 Å². The Bertz CT molecular complexity index is 458. The van der Waals surface area contributed by atoms with Gasteiger partial charge in [-0.3, -0.25) is 4.79 Å². The molecule has 118 valence electrons. The summed E-state index contributed by atoms with van der Waals surface area (Å²) in [4.78, 5) is 14.5. The van der Waals surface area contributed by atoms with Crippen molar-refractivity contribution in [1.29, 1.82) is 0 Å². The van der Waals surface area contributed by atoms with Gasteiger partial charge in [0.1, 0.15) is 5.75 Å². The third kappa shape index (κ3) is 5.76. The molecule has 0 fully saturated rings. The maximum absolute atomic E-state index is 12.5. The highest BCUT2D eigenvalue weighted by atomic mass is 16.5. The average molecular weight is 292 g/mol. The molecule has 21 heavy (non-hydrogen) atoms. The Labute approximate surface area is 128 Å². The fraction of sp³-hybridized carbons (Fsp3) is 0.588. The van der Waals surface area contributed by atoms with Crippen LogP contribution in [-0.4, -0.2) is 37.6 Å². The van der Waals surface area contributed by atoms with Gasteiger partial charge in [-0.25, -0.2) is 0 Å². The standard InChI is InChI=1S/C17H28N2O2/c1-5-9-19(13-17(2,3)12-18)16(20)11-14-7-6-8-15(10-14)21-4/h6-8,10H,5,9,11-13,18H2,1-4H3. The lowest BCUT2D eigenvalue weighted by Crippen LogP contribution is -2.43. The number of amides is 1. The number of rotatable bonds is 8. The molecule has 0 bridgehead atoms. The Morgan fingerprint density at radius 3 is 2.67 bits per heavy atom. The van der Waals surface area contributed by atoms with E-state index in [1.807, 2.05) is 29.2 Å². The molecule has 0 saturated heterocycles. The molecule has 0 aliphatic carbocycles. The summed E-state index contributed by atoms with van der Waals surface area (Å²) < 4.78 is 5.20. The third-order valence-corrected chi connectivity index (χ3v) is 3.51. The minimum absolute atomic E-state index is 0.0563. The monoisotopic (exact) mass is 292 g/mol. The first kappa shape index (κ1) is 17.5. The van der Waals surface area contributed by atoms with Crippen LogP contribution in [0.3, 0.4) is 0 Å². The topological polar surface area (TPSA) is 55.6 Å². The number of benzene rings is 1. The predicted molar refractivity (Wildman–Crippen MR) is 86.4 cm³/mol. The second kappa shape index (κ2) is 8.03. The quantitative estimate of drug-likeness (QED) is 0.801. The third-order valence-electron chi connectivity index (χ3n) is 3.51. The highest BCUT2D eigenvalue weighted by molar-refractivity contribution is 5.79. The van der Waals surface area contributed by atoms with E-state index in [1.165, 1.54) is 0 Å². The average Bonchev–Trinajstić information content (AvgIpc) is 2.46. The van der Waals surface area contributed by atoms with Crippen LogP contribution in [-0.2, 0) is 11.2 Å². The molecule has 1 amide bonds. The van der Waals surface area contributed by atoms with Crippen molar-refractivity contribution in [2.75, 3.05) is 26.7 Å². The molecule has 1 aromatic carbocycles. The first-order valence-corrected chi connectivity index (χ1v) is 7.52. The zero-order valence-corrected chi connectivity index (χ0v) is 13.7. The number of hydrogen-bond acceptors (Lipinski definition) is 3. The normalized spacial score (nSPS) is 11.3. The number of nitrogens with zero attached hydrogens (tertiary/aromatic N) is 1. The zero-order chi connectivity index (χ0) is 15.9. The maximum atomic E-state index is 12.5. The number of carbonyl (C=O) groups excluding carboxylic acids is 1. The van der Waals surface area contributed by atoms with Gasteiger partial charge in [-0.05, 0) is 36.1 Å². The van der Waals surface area contributed by atoms with Crippen LogP contribution in [0, 0.1) is 5.41 Å². The van der Waals surface area contributed by atoms with Gasteiger partial charge in [0.25, 0.3) is 0 Å².